The first-order chi connectivity index (χ1) is 7.92. The van der Waals surface area contributed by atoms with E-state index in [4.69, 9.17) is 15.4 Å². The number of rotatable bonds is 5. The SMILES string of the molecule is COC(=O)c1ccc(OCNS(=O)(=O)Cl)cc1. The highest BCUT2D eigenvalue weighted by Gasteiger charge is 2.06. The number of halogens is 1. The minimum Gasteiger partial charge on any atom is -0.477 e. The van der Waals surface area contributed by atoms with Crippen molar-refractivity contribution in [2.75, 3.05) is 13.8 Å². The van der Waals surface area contributed by atoms with Crippen LogP contribution < -0.4 is 9.46 Å². The molecular weight excluding hydrogens is 270 g/mol. The second kappa shape index (κ2) is 5.85. The number of esters is 1. The van der Waals surface area contributed by atoms with Crippen molar-refractivity contribution in [3.8, 4) is 5.75 Å². The minimum absolute atomic E-state index is 0.288. The van der Waals surface area contributed by atoms with Gasteiger partial charge in [-0.1, -0.05) is 0 Å². The smallest absolute Gasteiger partial charge is 0.337 e. The zero-order valence-electron chi connectivity index (χ0n) is 8.84. The normalized spacial score (nSPS) is 10.9. The Kier molecular flexibility index (Phi) is 4.73. The summed E-state index contributed by atoms with van der Waals surface area (Å²) in [6.07, 6.45) is 0. The third-order valence-electron chi connectivity index (χ3n) is 1.75. The lowest BCUT2D eigenvalue weighted by atomic mass is 10.2. The standard InChI is InChI=1S/C9H10ClNO5S/c1-15-9(12)7-2-4-8(5-3-7)16-6-11-17(10,13)14/h2-5,11H,6H2,1H3. The number of carbonyl (C=O) groups is 1. The average molecular weight is 280 g/mol. The molecule has 0 bridgehead atoms. The van der Waals surface area contributed by atoms with Crippen LogP contribution in [-0.4, -0.2) is 28.2 Å². The van der Waals surface area contributed by atoms with Gasteiger partial charge in [-0.05, 0) is 24.3 Å². The van der Waals surface area contributed by atoms with E-state index >= 15 is 0 Å². The van der Waals surface area contributed by atoms with Crippen molar-refractivity contribution < 1.29 is 22.7 Å². The molecule has 0 unspecified atom stereocenters. The zero-order valence-corrected chi connectivity index (χ0v) is 10.4. The fourth-order valence-electron chi connectivity index (χ4n) is 0.988. The third-order valence-corrected chi connectivity index (χ3v) is 2.54. The van der Waals surface area contributed by atoms with Gasteiger partial charge < -0.3 is 9.47 Å². The van der Waals surface area contributed by atoms with E-state index in [-0.39, 0.29) is 6.73 Å². The van der Waals surface area contributed by atoms with E-state index in [9.17, 15) is 13.2 Å². The molecular formula is C9H10ClNO5S. The van der Waals surface area contributed by atoms with E-state index in [0.717, 1.165) is 0 Å². The van der Waals surface area contributed by atoms with Gasteiger partial charge in [-0.15, -0.1) is 0 Å². The number of hydrogen-bond donors (Lipinski definition) is 1. The van der Waals surface area contributed by atoms with Gasteiger partial charge in [-0.2, -0.15) is 13.1 Å². The molecule has 1 aromatic carbocycles. The average Bonchev–Trinajstić information content (AvgIpc) is 2.27. The molecule has 1 rings (SSSR count). The Morgan fingerprint density at radius 1 is 1.35 bits per heavy atom. The highest BCUT2D eigenvalue weighted by molar-refractivity contribution is 8.12. The van der Waals surface area contributed by atoms with Crippen molar-refractivity contribution in [2.45, 2.75) is 0 Å². The summed E-state index contributed by atoms with van der Waals surface area (Å²) in [6.45, 7) is -0.288. The van der Waals surface area contributed by atoms with Crippen molar-refractivity contribution in [2.24, 2.45) is 0 Å². The van der Waals surface area contributed by atoms with Crippen LogP contribution in [0.3, 0.4) is 0 Å². The molecule has 94 valence electrons. The Labute approximate surface area is 103 Å². The Morgan fingerprint density at radius 2 is 1.94 bits per heavy atom. The maximum Gasteiger partial charge on any atom is 0.337 e. The number of methoxy groups -OCH3 is 1. The first-order valence-electron chi connectivity index (χ1n) is 4.43. The van der Waals surface area contributed by atoms with Crippen LogP contribution in [0.1, 0.15) is 10.4 Å². The molecule has 0 fully saturated rings. The maximum absolute atomic E-state index is 11.1. The molecule has 1 aromatic rings. The lowest BCUT2D eigenvalue weighted by molar-refractivity contribution is 0.0600. The topological polar surface area (TPSA) is 81.7 Å². The summed E-state index contributed by atoms with van der Waals surface area (Å²) in [5.74, 6) is -0.0662. The lowest BCUT2D eigenvalue weighted by Gasteiger charge is -2.06. The quantitative estimate of drug-likeness (QED) is 0.492. The Hall–Kier alpha value is -1.31. The summed E-state index contributed by atoms with van der Waals surface area (Å²) >= 11 is 0. The molecule has 0 radical (unpaired) electrons. The number of hydrogen-bond acceptors (Lipinski definition) is 5. The molecule has 6 nitrogen and oxygen atoms in total. The lowest BCUT2D eigenvalue weighted by Crippen LogP contribution is -2.23. The third kappa shape index (κ3) is 5.03. The number of nitrogens with one attached hydrogen (secondary N) is 1. The molecule has 17 heavy (non-hydrogen) atoms. The summed E-state index contributed by atoms with van der Waals surface area (Å²) in [5.41, 5.74) is 0.373. The van der Waals surface area contributed by atoms with Crippen molar-refractivity contribution >= 4 is 25.9 Å². The maximum atomic E-state index is 11.1. The van der Waals surface area contributed by atoms with E-state index in [0.29, 0.717) is 11.3 Å². The van der Waals surface area contributed by atoms with Crippen molar-refractivity contribution in [3.05, 3.63) is 29.8 Å². The van der Waals surface area contributed by atoms with Crippen LogP contribution in [-0.2, 0) is 14.0 Å². The fraction of sp³-hybridized carbons (Fsp3) is 0.222. The molecule has 0 aromatic heterocycles. The zero-order chi connectivity index (χ0) is 12.9. The van der Waals surface area contributed by atoms with Crippen LogP contribution in [0, 0.1) is 0 Å². The summed E-state index contributed by atoms with van der Waals surface area (Å²) in [4.78, 5) is 11.1. The largest absolute Gasteiger partial charge is 0.477 e. The summed E-state index contributed by atoms with van der Waals surface area (Å²) in [6, 6.07) is 6.01. The van der Waals surface area contributed by atoms with Gasteiger partial charge in [0.05, 0.1) is 12.7 Å². The van der Waals surface area contributed by atoms with Gasteiger partial charge >= 0.3 is 5.97 Å². The molecule has 0 amide bonds. The van der Waals surface area contributed by atoms with E-state index < -0.39 is 15.2 Å². The second-order valence-electron chi connectivity index (χ2n) is 2.89. The van der Waals surface area contributed by atoms with Crippen LogP contribution in [0.4, 0.5) is 0 Å². The molecule has 0 heterocycles. The first kappa shape index (κ1) is 13.8. The van der Waals surface area contributed by atoms with E-state index in [1.54, 1.807) is 0 Å². The van der Waals surface area contributed by atoms with Crippen LogP contribution in [0.5, 0.6) is 5.75 Å². The number of carbonyl (C=O) groups excluding carboxylic acids is 1. The van der Waals surface area contributed by atoms with Crippen LogP contribution in [0.15, 0.2) is 24.3 Å². The first-order valence-corrected chi connectivity index (χ1v) is 6.74. The van der Waals surface area contributed by atoms with Crippen LogP contribution in [0.25, 0.3) is 0 Å². The van der Waals surface area contributed by atoms with Gasteiger partial charge in [0.15, 0.2) is 6.73 Å². The minimum atomic E-state index is -3.80. The molecule has 0 spiro atoms. The Balaban J connectivity index is 2.54. The Bertz CT molecular complexity index is 485. The van der Waals surface area contributed by atoms with Gasteiger partial charge in [0.1, 0.15) is 5.75 Å². The second-order valence-corrected chi connectivity index (χ2v) is 5.27. The molecule has 0 atom stereocenters. The molecule has 0 saturated heterocycles. The highest BCUT2D eigenvalue weighted by Crippen LogP contribution is 2.12. The number of ether oxygens (including phenoxy) is 2. The fourth-order valence-corrected chi connectivity index (χ4v) is 1.32. The summed E-state index contributed by atoms with van der Waals surface area (Å²) < 4.78 is 32.5. The number of benzene rings is 1. The van der Waals surface area contributed by atoms with E-state index in [1.165, 1.54) is 31.4 Å². The predicted molar refractivity (Wildman–Crippen MR) is 61.2 cm³/mol. The van der Waals surface area contributed by atoms with Gasteiger partial charge in [-0.25, -0.2) is 4.79 Å². The summed E-state index contributed by atoms with van der Waals surface area (Å²) in [7, 11) is 2.39. The monoisotopic (exact) mass is 279 g/mol. The molecule has 8 heteroatoms. The molecule has 0 aliphatic carbocycles. The summed E-state index contributed by atoms with van der Waals surface area (Å²) in [5, 5.41) is 0. The van der Waals surface area contributed by atoms with Gasteiger partial charge in [0, 0.05) is 10.7 Å². The molecule has 1 N–H and O–H groups in total. The molecule has 0 aliphatic heterocycles. The molecule has 0 saturated carbocycles. The molecule has 0 aliphatic rings. The van der Waals surface area contributed by atoms with Gasteiger partial charge in [-0.3, -0.25) is 0 Å². The predicted octanol–water partition coefficient (Wildman–Crippen LogP) is 0.883. The highest BCUT2D eigenvalue weighted by atomic mass is 35.7. The Morgan fingerprint density at radius 3 is 2.41 bits per heavy atom. The van der Waals surface area contributed by atoms with E-state index in [1.807, 2.05) is 4.72 Å². The van der Waals surface area contributed by atoms with E-state index in [2.05, 4.69) is 4.74 Å². The van der Waals surface area contributed by atoms with Crippen molar-refractivity contribution in [3.63, 3.8) is 0 Å². The van der Waals surface area contributed by atoms with Crippen molar-refractivity contribution in [1.82, 2.24) is 4.72 Å². The van der Waals surface area contributed by atoms with Crippen LogP contribution in [0.2, 0.25) is 0 Å². The van der Waals surface area contributed by atoms with Gasteiger partial charge in [0.25, 0.3) is 9.24 Å². The van der Waals surface area contributed by atoms with Gasteiger partial charge in [0.2, 0.25) is 0 Å². The van der Waals surface area contributed by atoms with Crippen molar-refractivity contribution in [1.29, 1.82) is 0 Å². The van der Waals surface area contributed by atoms with Crippen LogP contribution >= 0.6 is 10.7 Å².